The Labute approximate surface area is 146 Å². The van der Waals surface area contributed by atoms with Gasteiger partial charge >= 0.3 is 0 Å². The third kappa shape index (κ3) is 3.84. The molecule has 2 aromatic heterocycles. The minimum atomic E-state index is 0.145. The largest absolute Gasteiger partial charge is 0.353 e. The lowest BCUT2D eigenvalue weighted by atomic mass is 9.98. The van der Waals surface area contributed by atoms with Crippen LogP contribution in [-0.4, -0.2) is 29.9 Å². The highest BCUT2D eigenvalue weighted by atomic mass is 32.1. The molecule has 2 atom stereocenters. The van der Waals surface area contributed by atoms with Crippen molar-refractivity contribution in [3.8, 4) is 0 Å². The number of thiophene rings is 2. The van der Waals surface area contributed by atoms with Crippen LogP contribution >= 0.6 is 22.7 Å². The average Bonchev–Trinajstić information content (AvgIpc) is 3.18. The lowest BCUT2D eigenvalue weighted by molar-refractivity contribution is -0.123. The van der Waals surface area contributed by atoms with E-state index in [1.54, 1.807) is 11.3 Å². The van der Waals surface area contributed by atoms with E-state index in [0.29, 0.717) is 6.54 Å². The number of rotatable bonds is 6. The van der Waals surface area contributed by atoms with Gasteiger partial charge in [0.25, 0.3) is 0 Å². The van der Waals surface area contributed by atoms with Crippen LogP contribution in [0.4, 0.5) is 0 Å². The SMILES string of the molecule is CCCC(C)NC(=O)CN1CCc2sccc2C1c1cccs1. The standard InChI is InChI=1S/C18H24N2OS2/c1-3-5-13(2)19-17(21)12-20-9-7-15-14(8-11-23-15)18(20)16-6-4-10-22-16/h4,6,8,10-11,13,18H,3,5,7,9,12H2,1-2H3,(H,19,21). The van der Waals surface area contributed by atoms with Gasteiger partial charge in [0, 0.05) is 22.3 Å². The van der Waals surface area contributed by atoms with Crippen LogP contribution in [0.15, 0.2) is 29.0 Å². The number of amides is 1. The van der Waals surface area contributed by atoms with Crippen molar-refractivity contribution in [3.63, 3.8) is 0 Å². The predicted molar refractivity (Wildman–Crippen MR) is 98.3 cm³/mol. The maximum atomic E-state index is 12.4. The van der Waals surface area contributed by atoms with Crippen LogP contribution in [-0.2, 0) is 11.2 Å². The van der Waals surface area contributed by atoms with Gasteiger partial charge in [-0.25, -0.2) is 0 Å². The van der Waals surface area contributed by atoms with Crippen molar-refractivity contribution in [1.82, 2.24) is 10.2 Å². The van der Waals surface area contributed by atoms with Gasteiger partial charge in [-0.2, -0.15) is 0 Å². The topological polar surface area (TPSA) is 32.3 Å². The molecule has 2 unspecified atom stereocenters. The summed E-state index contributed by atoms with van der Waals surface area (Å²) in [6, 6.07) is 7.01. The highest BCUT2D eigenvalue weighted by Gasteiger charge is 2.31. The zero-order valence-corrected chi connectivity index (χ0v) is 15.4. The van der Waals surface area contributed by atoms with Crippen LogP contribution in [0.2, 0.25) is 0 Å². The second kappa shape index (κ2) is 7.60. The third-order valence-electron chi connectivity index (χ3n) is 4.35. The van der Waals surface area contributed by atoms with E-state index in [-0.39, 0.29) is 18.0 Å². The summed E-state index contributed by atoms with van der Waals surface area (Å²) in [7, 11) is 0. The summed E-state index contributed by atoms with van der Waals surface area (Å²) < 4.78 is 0. The molecule has 124 valence electrons. The number of carbonyl (C=O) groups is 1. The molecule has 3 heterocycles. The van der Waals surface area contributed by atoms with Crippen molar-refractivity contribution in [2.75, 3.05) is 13.1 Å². The highest BCUT2D eigenvalue weighted by molar-refractivity contribution is 7.10. The molecule has 0 radical (unpaired) electrons. The molecule has 1 aliphatic heterocycles. The molecule has 0 saturated carbocycles. The number of nitrogens with zero attached hydrogens (tertiary/aromatic N) is 1. The number of hydrogen-bond donors (Lipinski definition) is 1. The quantitative estimate of drug-likeness (QED) is 0.854. The van der Waals surface area contributed by atoms with E-state index in [1.807, 2.05) is 11.3 Å². The lowest BCUT2D eigenvalue weighted by Crippen LogP contribution is -2.44. The van der Waals surface area contributed by atoms with Gasteiger partial charge in [-0.15, -0.1) is 22.7 Å². The molecule has 3 nitrogen and oxygen atoms in total. The Hall–Kier alpha value is -1.17. The molecule has 23 heavy (non-hydrogen) atoms. The first kappa shape index (κ1) is 16.7. The Morgan fingerprint density at radius 1 is 1.39 bits per heavy atom. The van der Waals surface area contributed by atoms with Gasteiger partial charge in [-0.05, 0) is 48.2 Å². The molecule has 5 heteroatoms. The van der Waals surface area contributed by atoms with E-state index in [9.17, 15) is 4.79 Å². The fourth-order valence-corrected chi connectivity index (χ4v) is 5.11. The molecule has 1 aliphatic rings. The van der Waals surface area contributed by atoms with E-state index < -0.39 is 0 Å². The molecule has 0 saturated heterocycles. The van der Waals surface area contributed by atoms with E-state index >= 15 is 0 Å². The van der Waals surface area contributed by atoms with Crippen molar-refractivity contribution in [2.24, 2.45) is 0 Å². The highest BCUT2D eigenvalue weighted by Crippen LogP contribution is 2.39. The van der Waals surface area contributed by atoms with Crippen molar-refractivity contribution >= 4 is 28.6 Å². The Balaban J connectivity index is 1.75. The molecular weight excluding hydrogens is 324 g/mol. The Morgan fingerprint density at radius 3 is 3.00 bits per heavy atom. The zero-order valence-electron chi connectivity index (χ0n) is 13.7. The fourth-order valence-electron chi connectivity index (χ4n) is 3.33. The van der Waals surface area contributed by atoms with Gasteiger partial charge in [0.1, 0.15) is 0 Å². The maximum absolute atomic E-state index is 12.4. The molecule has 0 fully saturated rings. The van der Waals surface area contributed by atoms with E-state index in [0.717, 1.165) is 25.8 Å². The number of hydrogen-bond acceptors (Lipinski definition) is 4. The minimum Gasteiger partial charge on any atom is -0.353 e. The molecule has 3 rings (SSSR count). The lowest BCUT2D eigenvalue weighted by Gasteiger charge is -2.35. The minimum absolute atomic E-state index is 0.145. The first-order chi connectivity index (χ1) is 11.2. The van der Waals surface area contributed by atoms with Crippen LogP contribution in [0.3, 0.4) is 0 Å². The number of carbonyl (C=O) groups excluding carboxylic acids is 1. The number of nitrogens with one attached hydrogen (secondary N) is 1. The first-order valence-electron chi connectivity index (χ1n) is 8.32. The third-order valence-corrected chi connectivity index (χ3v) is 6.28. The van der Waals surface area contributed by atoms with Crippen LogP contribution in [0.25, 0.3) is 0 Å². The fraction of sp³-hybridized carbons (Fsp3) is 0.500. The molecule has 2 aromatic rings. The Morgan fingerprint density at radius 2 is 2.26 bits per heavy atom. The van der Waals surface area contributed by atoms with Crippen LogP contribution < -0.4 is 5.32 Å². The van der Waals surface area contributed by atoms with Gasteiger partial charge in [-0.1, -0.05) is 19.4 Å². The van der Waals surface area contributed by atoms with E-state index in [1.165, 1.54) is 15.3 Å². The smallest absolute Gasteiger partial charge is 0.234 e. The summed E-state index contributed by atoms with van der Waals surface area (Å²) in [6.45, 7) is 5.67. The van der Waals surface area contributed by atoms with Crippen molar-refractivity contribution in [2.45, 2.75) is 45.2 Å². The van der Waals surface area contributed by atoms with Crippen molar-refractivity contribution in [1.29, 1.82) is 0 Å². The summed E-state index contributed by atoms with van der Waals surface area (Å²) >= 11 is 3.62. The van der Waals surface area contributed by atoms with Crippen LogP contribution in [0, 0.1) is 0 Å². The molecule has 1 N–H and O–H groups in total. The van der Waals surface area contributed by atoms with Gasteiger partial charge < -0.3 is 5.32 Å². The van der Waals surface area contributed by atoms with Gasteiger partial charge in [-0.3, -0.25) is 9.69 Å². The van der Waals surface area contributed by atoms with Crippen LogP contribution in [0.5, 0.6) is 0 Å². The maximum Gasteiger partial charge on any atom is 0.234 e. The number of fused-ring (bicyclic) bond motifs is 1. The first-order valence-corrected chi connectivity index (χ1v) is 10.1. The van der Waals surface area contributed by atoms with Crippen LogP contribution in [0.1, 0.15) is 48.0 Å². The van der Waals surface area contributed by atoms with Crippen molar-refractivity contribution < 1.29 is 4.79 Å². The van der Waals surface area contributed by atoms with Crippen molar-refractivity contribution in [3.05, 3.63) is 44.3 Å². The summed E-state index contributed by atoms with van der Waals surface area (Å²) in [6.07, 6.45) is 3.18. The summed E-state index contributed by atoms with van der Waals surface area (Å²) in [5, 5.41) is 7.44. The summed E-state index contributed by atoms with van der Waals surface area (Å²) in [5.74, 6) is 0.145. The average molecular weight is 349 g/mol. The Kier molecular flexibility index (Phi) is 5.51. The van der Waals surface area contributed by atoms with Gasteiger partial charge in [0.15, 0.2) is 0 Å². The molecule has 1 amide bonds. The zero-order chi connectivity index (χ0) is 16.2. The summed E-state index contributed by atoms with van der Waals surface area (Å²) in [5.41, 5.74) is 1.39. The normalized spacial score (nSPS) is 19.3. The summed E-state index contributed by atoms with van der Waals surface area (Å²) in [4.78, 5) is 17.5. The van der Waals surface area contributed by atoms with E-state index in [2.05, 4.69) is 53.0 Å². The van der Waals surface area contributed by atoms with Gasteiger partial charge in [0.2, 0.25) is 5.91 Å². The van der Waals surface area contributed by atoms with E-state index in [4.69, 9.17) is 0 Å². The predicted octanol–water partition coefficient (Wildman–Crippen LogP) is 4.06. The monoisotopic (exact) mass is 348 g/mol. The Bertz CT molecular complexity index is 635. The molecule has 0 aliphatic carbocycles. The molecule has 0 aromatic carbocycles. The molecular formula is C18H24N2OS2. The second-order valence-corrected chi connectivity index (χ2v) is 8.17. The molecule has 0 spiro atoms. The van der Waals surface area contributed by atoms with Gasteiger partial charge in [0.05, 0.1) is 12.6 Å². The second-order valence-electron chi connectivity index (χ2n) is 6.19. The molecule has 0 bridgehead atoms.